The molecule has 1 aromatic rings. The molecule has 0 aliphatic carbocycles. The number of nitrogens with one attached hydrogen (secondary N) is 1. The highest BCUT2D eigenvalue weighted by Gasteiger charge is 2.12. The van der Waals surface area contributed by atoms with Crippen molar-refractivity contribution >= 4 is 11.6 Å². The molecule has 1 N–H and O–H groups in total. The van der Waals surface area contributed by atoms with Crippen LogP contribution in [0.3, 0.4) is 0 Å². The molecule has 1 aromatic carbocycles. The first-order valence-electron chi connectivity index (χ1n) is 5.46. The summed E-state index contributed by atoms with van der Waals surface area (Å²) in [7, 11) is 0. The van der Waals surface area contributed by atoms with E-state index in [9.17, 15) is 0 Å². The van der Waals surface area contributed by atoms with Gasteiger partial charge in [-0.25, -0.2) is 0 Å². The van der Waals surface area contributed by atoms with Crippen LogP contribution >= 0.6 is 11.6 Å². The molecule has 0 saturated carbocycles. The third-order valence-electron chi connectivity index (χ3n) is 2.68. The zero-order chi connectivity index (χ0) is 10.5. The Labute approximate surface area is 95.6 Å². The van der Waals surface area contributed by atoms with Crippen molar-refractivity contribution in [1.82, 2.24) is 5.32 Å². The van der Waals surface area contributed by atoms with Gasteiger partial charge in [0, 0.05) is 11.1 Å². The quantitative estimate of drug-likeness (QED) is 0.854. The molecule has 1 atom stereocenters. The SMILES string of the molecule is Clc1ccc(OCC2CCCCN2)cc1. The van der Waals surface area contributed by atoms with E-state index in [-0.39, 0.29) is 0 Å². The predicted molar refractivity (Wildman–Crippen MR) is 62.6 cm³/mol. The molecule has 1 fully saturated rings. The van der Waals surface area contributed by atoms with Crippen molar-refractivity contribution in [2.24, 2.45) is 0 Å². The van der Waals surface area contributed by atoms with Crippen LogP contribution in [0.15, 0.2) is 24.3 Å². The van der Waals surface area contributed by atoms with Crippen molar-refractivity contribution in [3.8, 4) is 5.75 Å². The number of ether oxygens (including phenoxy) is 1. The summed E-state index contributed by atoms with van der Waals surface area (Å²) in [5.41, 5.74) is 0. The van der Waals surface area contributed by atoms with Gasteiger partial charge >= 0.3 is 0 Å². The van der Waals surface area contributed by atoms with Gasteiger partial charge in [0.25, 0.3) is 0 Å². The average molecular weight is 226 g/mol. The Balaban J connectivity index is 1.79. The zero-order valence-electron chi connectivity index (χ0n) is 8.71. The lowest BCUT2D eigenvalue weighted by Gasteiger charge is -2.23. The topological polar surface area (TPSA) is 21.3 Å². The fraction of sp³-hybridized carbons (Fsp3) is 0.500. The second-order valence-corrected chi connectivity index (χ2v) is 4.35. The molecule has 1 unspecified atom stereocenters. The van der Waals surface area contributed by atoms with Crippen LogP contribution < -0.4 is 10.1 Å². The Morgan fingerprint density at radius 2 is 2.07 bits per heavy atom. The fourth-order valence-corrected chi connectivity index (χ4v) is 1.92. The van der Waals surface area contributed by atoms with Gasteiger partial charge in [0.1, 0.15) is 12.4 Å². The smallest absolute Gasteiger partial charge is 0.119 e. The maximum atomic E-state index is 5.79. The highest BCUT2D eigenvalue weighted by Crippen LogP contribution is 2.16. The van der Waals surface area contributed by atoms with Crippen LogP contribution in [-0.2, 0) is 0 Å². The third-order valence-corrected chi connectivity index (χ3v) is 2.93. The average Bonchev–Trinajstić information content (AvgIpc) is 2.30. The third kappa shape index (κ3) is 3.40. The van der Waals surface area contributed by atoms with Gasteiger partial charge in [0.15, 0.2) is 0 Å². The molecule has 0 amide bonds. The molecule has 1 heterocycles. The second-order valence-electron chi connectivity index (χ2n) is 3.91. The first-order chi connectivity index (χ1) is 7.34. The van der Waals surface area contributed by atoms with E-state index in [2.05, 4.69) is 5.32 Å². The molecule has 1 aliphatic rings. The van der Waals surface area contributed by atoms with E-state index in [1.54, 1.807) is 0 Å². The van der Waals surface area contributed by atoms with Gasteiger partial charge in [-0.1, -0.05) is 18.0 Å². The van der Waals surface area contributed by atoms with Crippen LogP contribution in [0, 0.1) is 0 Å². The highest BCUT2D eigenvalue weighted by atomic mass is 35.5. The van der Waals surface area contributed by atoms with Gasteiger partial charge in [0.05, 0.1) is 0 Å². The summed E-state index contributed by atoms with van der Waals surface area (Å²) < 4.78 is 5.68. The van der Waals surface area contributed by atoms with Crippen molar-refractivity contribution in [3.05, 3.63) is 29.3 Å². The molecule has 0 radical (unpaired) electrons. The van der Waals surface area contributed by atoms with Crippen molar-refractivity contribution < 1.29 is 4.74 Å². The minimum Gasteiger partial charge on any atom is -0.492 e. The number of hydrogen-bond donors (Lipinski definition) is 1. The van der Waals surface area contributed by atoms with Crippen LogP contribution in [0.1, 0.15) is 19.3 Å². The maximum absolute atomic E-state index is 5.79. The van der Waals surface area contributed by atoms with Gasteiger partial charge in [-0.15, -0.1) is 0 Å². The van der Waals surface area contributed by atoms with E-state index in [4.69, 9.17) is 16.3 Å². The zero-order valence-corrected chi connectivity index (χ0v) is 9.46. The molecular formula is C12H16ClNO. The van der Waals surface area contributed by atoms with Crippen LogP contribution in [0.2, 0.25) is 5.02 Å². The first kappa shape index (κ1) is 10.8. The first-order valence-corrected chi connectivity index (χ1v) is 5.84. The summed E-state index contributed by atoms with van der Waals surface area (Å²) in [5.74, 6) is 0.895. The lowest BCUT2D eigenvalue weighted by molar-refractivity contribution is 0.239. The minimum absolute atomic E-state index is 0.509. The van der Waals surface area contributed by atoms with Gasteiger partial charge in [0.2, 0.25) is 0 Å². The van der Waals surface area contributed by atoms with E-state index in [0.29, 0.717) is 6.04 Å². The van der Waals surface area contributed by atoms with E-state index < -0.39 is 0 Å². The second kappa shape index (κ2) is 5.38. The molecule has 0 spiro atoms. The molecule has 2 nitrogen and oxygen atoms in total. The van der Waals surface area contributed by atoms with Crippen LogP contribution in [0.25, 0.3) is 0 Å². The fourth-order valence-electron chi connectivity index (χ4n) is 1.79. The van der Waals surface area contributed by atoms with Crippen molar-refractivity contribution in [2.75, 3.05) is 13.2 Å². The summed E-state index contributed by atoms with van der Waals surface area (Å²) in [5, 5.41) is 4.20. The Bertz CT molecular complexity index is 293. The lowest BCUT2D eigenvalue weighted by atomic mass is 10.1. The summed E-state index contributed by atoms with van der Waals surface area (Å²) >= 11 is 5.79. The summed E-state index contributed by atoms with van der Waals surface area (Å²) in [4.78, 5) is 0. The van der Waals surface area contributed by atoms with E-state index in [1.807, 2.05) is 24.3 Å². The van der Waals surface area contributed by atoms with E-state index in [1.165, 1.54) is 19.3 Å². The largest absolute Gasteiger partial charge is 0.492 e. The normalized spacial score (nSPS) is 21.3. The van der Waals surface area contributed by atoms with E-state index >= 15 is 0 Å². The van der Waals surface area contributed by atoms with Crippen LogP contribution in [0.5, 0.6) is 5.75 Å². The number of benzene rings is 1. The number of piperidine rings is 1. The molecule has 82 valence electrons. The Morgan fingerprint density at radius 3 is 2.73 bits per heavy atom. The standard InChI is InChI=1S/C12H16ClNO/c13-10-4-6-12(7-5-10)15-9-11-3-1-2-8-14-11/h4-7,11,14H,1-3,8-9H2. The molecule has 1 saturated heterocycles. The van der Waals surface area contributed by atoms with Gasteiger partial charge in [-0.05, 0) is 43.7 Å². The Hall–Kier alpha value is -0.730. The van der Waals surface area contributed by atoms with Gasteiger partial charge < -0.3 is 10.1 Å². The maximum Gasteiger partial charge on any atom is 0.119 e. The summed E-state index contributed by atoms with van der Waals surface area (Å²) in [6.45, 7) is 1.87. The molecule has 0 aromatic heterocycles. The number of rotatable bonds is 3. The molecule has 3 heteroatoms. The lowest BCUT2D eigenvalue weighted by Crippen LogP contribution is -2.38. The number of halogens is 1. The molecule has 1 aliphatic heterocycles. The predicted octanol–water partition coefficient (Wildman–Crippen LogP) is 2.86. The van der Waals surface area contributed by atoms with Crippen molar-refractivity contribution in [3.63, 3.8) is 0 Å². The van der Waals surface area contributed by atoms with Gasteiger partial charge in [-0.2, -0.15) is 0 Å². The number of hydrogen-bond acceptors (Lipinski definition) is 2. The van der Waals surface area contributed by atoms with Crippen LogP contribution in [0.4, 0.5) is 0 Å². The van der Waals surface area contributed by atoms with Gasteiger partial charge in [-0.3, -0.25) is 0 Å². The van der Waals surface area contributed by atoms with Crippen molar-refractivity contribution in [2.45, 2.75) is 25.3 Å². The molecule has 15 heavy (non-hydrogen) atoms. The molecule has 0 bridgehead atoms. The monoisotopic (exact) mass is 225 g/mol. The van der Waals surface area contributed by atoms with E-state index in [0.717, 1.165) is 23.9 Å². The Morgan fingerprint density at radius 1 is 1.27 bits per heavy atom. The molecular weight excluding hydrogens is 210 g/mol. The Kier molecular flexibility index (Phi) is 3.87. The molecule has 2 rings (SSSR count). The minimum atomic E-state index is 0.509. The summed E-state index contributed by atoms with van der Waals surface area (Å²) in [6, 6.07) is 8.03. The highest BCUT2D eigenvalue weighted by molar-refractivity contribution is 6.30. The van der Waals surface area contributed by atoms with Crippen molar-refractivity contribution in [1.29, 1.82) is 0 Å². The summed E-state index contributed by atoms with van der Waals surface area (Å²) in [6.07, 6.45) is 3.81. The van der Waals surface area contributed by atoms with Crippen LogP contribution in [-0.4, -0.2) is 19.2 Å².